The molecule has 1 aliphatic carbocycles. The van der Waals surface area contributed by atoms with Crippen LogP contribution in [0.25, 0.3) is 0 Å². The SMILES string of the molecule is CN(C)c1nc(N)nc(NC2(C)CC2)n1. The van der Waals surface area contributed by atoms with Crippen molar-refractivity contribution < 1.29 is 0 Å². The number of anilines is 3. The van der Waals surface area contributed by atoms with Crippen LogP contribution in [0, 0.1) is 0 Å². The Kier molecular flexibility index (Phi) is 2.13. The van der Waals surface area contributed by atoms with E-state index < -0.39 is 0 Å². The average Bonchev–Trinajstić information content (AvgIpc) is 2.81. The minimum atomic E-state index is 0.150. The highest BCUT2D eigenvalue weighted by molar-refractivity contribution is 5.43. The van der Waals surface area contributed by atoms with Crippen LogP contribution in [-0.4, -0.2) is 34.6 Å². The fourth-order valence-corrected chi connectivity index (χ4v) is 1.22. The maximum absolute atomic E-state index is 5.61. The third-order valence-corrected chi connectivity index (χ3v) is 2.45. The minimum Gasteiger partial charge on any atom is -0.368 e. The first kappa shape index (κ1) is 9.95. The van der Waals surface area contributed by atoms with E-state index in [4.69, 9.17) is 5.73 Å². The molecule has 3 N–H and O–H groups in total. The number of nitrogens with zero attached hydrogens (tertiary/aromatic N) is 4. The van der Waals surface area contributed by atoms with Gasteiger partial charge in [0.25, 0.3) is 0 Å². The molecule has 0 unspecified atom stereocenters. The molecule has 0 aromatic carbocycles. The molecule has 0 atom stereocenters. The van der Waals surface area contributed by atoms with E-state index in [0.29, 0.717) is 11.9 Å². The fraction of sp³-hybridized carbons (Fsp3) is 0.667. The second-order valence-electron chi connectivity index (χ2n) is 4.40. The summed E-state index contributed by atoms with van der Waals surface area (Å²) < 4.78 is 0. The lowest BCUT2D eigenvalue weighted by Gasteiger charge is -2.14. The molecule has 1 aliphatic rings. The van der Waals surface area contributed by atoms with Crippen LogP contribution in [0.3, 0.4) is 0 Å². The summed E-state index contributed by atoms with van der Waals surface area (Å²) in [4.78, 5) is 14.2. The number of rotatable bonds is 3. The van der Waals surface area contributed by atoms with Crippen molar-refractivity contribution in [1.82, 2.24) is 15.0 Å². The zero-order valence-electron chi connectivity index (χ0n) is 9.28. The van der Waals surface area contributed by atoms with Crippen LogP contribution < -0.4 is 16.0 Å². The quantitative estimate of drug-likeness (QED) is 0.752. The molecule has 6 nitrogen and oxygen atoms in total. The van der Waals surface area contributed by atoms with Gasteiger partial charge in [-0.25, -0.2) is 0 Å². The van der Waals surface area contributed by atoms with Gasteiger partial charge < -0.3 is 16.0 Å². The van der Waals surface area contributed by atoms with Gasteiger partial charge >= 0.3 is 0 Å². The number of aromatic nitrogens is 3. The molecule has 15 heavy (non-hydrogen) atoms. The van der Waals surface area contributed by atoms with E-state index in [1.807, 2.05) is 14.1 Å². The zero-order valence-corrected chi connectivity index (χ0v) is 9.28. The fourth-order valence-electron chi connectivity index (χ4n) is 1.22. The third-order valence-electron chi connectivity index (χ3n) is 2.45. The van der Waals surface area contributed by atoms with E-state index in [1.54, 1.807) is 4.90 Å². The monoisotopic (exact) mass is 208 g/mol. The topological polar surface area (TPSA) is 80.0 Å². The predicted molar refractivity (Wildman–Crippen MR) is 59.8 cm³/mol. The van der Waals surface area contributed by atoms with E-state index in [0.717, 1.165) is 12.8 Å². The largest absolute Gasteiger partial charge is 0.368 e. The Morgan fingerprint density at radius 2 is 1.93 bits per heavy atom. The molecule has 2 rings (SSSR count). The van der Waals surface area contributed by atoms with Crippen molar-refractivity contribution in [3.8, 4) is 0 Å². The molecule has 0 radical (unpaired) electrons. The molecule has 1 heterocycles. The van der Waals surface area contributed by atoms with E-state index in [9.17, 15) is 0 Å². The minimum absolute atomic E-state index is 0.150. The second kappa shape index (κ2) is 3.22. The molecule has 1 aromatic rings. The van der Waals surface area contributed by atoms with Crippen LogP contribution in [0.4, 0.5) is 17.8 Å². The zero-order chi connectivity index (χ0) is 11.1. The number of hydrogen-bond acceptors (Lipinski definition) is 6. The molecule has 0 bridgehead atoms. The van der Waals surface area contributed by atoms with Crippen molar-refractivity contribution in [3.05, 3.63) is 0 Å². The maximum Gasteiger partial charge on any atom is 0.231 e. The smallest absolute Gasteiger partial charge is 0.231 e. The maximum atomic E-state index is 5.61. The Balaban J connectivity index is 2.23. The number of hydrogen-bond donors (Lipinski definition) is 2. The van der Waals surface area contributed by atoms with Gasteiger partial charge in [-0.3, -0.25) is 0 Å². The Labute approximate surface area is 88.9 Å². The standard InChI is InChI=1S/C9H16N6/c1-9(4-5-9)14-7-11-6(10)12-8(13-7)15(2)3/h4-5H2,1-3H3,(H3,10,11,12,13,14). The highest BCUT2D eigenvalue weighted by Gasteiger charge is 2.38. The molecule has 82 valence electrons. The lowest BCUT2D eigenvalue weighted by Crippen LogP contribution is -2.21. The van der Waals surface area contributed by atoms with Gasteiger partial charge in [0.2, 0.25) is 17.8 Å². The van der Waals surface area contributed by atoms with Crippen molar-refractivity contribution >= 4 is 17.8 Å². The van der Waals surface area contributed by atoms with Gasteiger partial charge in [0.1, 0.15) is 0 Å². The summed E-state index contributed by atoms with van der Waals surface area (Å²) in [6.45, 7) is 2.14. The summed E-state index contributed by atoms with van der Waals surface area (Å²) >= 11 is 0. The normalized spacial score (nSPS) is 17.3. The lowest BCUT2D eigenvalue weighted by atomic mass is 10.3. The van der Waals surface area contributed by atoms with Crippen LogP contribution in [0.15, 0.2) is 0 Å². The molecule has 0 spiro atoms. The summed E-state index contributed by atoms with van der Waals surface area (Å²) in [7, 11) is 3.74. The Bertz CT molecular complexity index is 371. The summed E-state index contributed by atoms with van der Waals surface area (Å²) in [5.74, 6) is 1.39. The Morgan fingerprint density at radius 1 is 1.27 bits per heavy atom. The molecular weight excluding hydrogens is 192 g/mol. The van der Waals surface area contributed by atoms with Crippen molar-refractivity contribution in [3.63, 3.8) is 0 Å². The molecule has 0 saturated heterocycles. The summed E-state index contributed by atoms with van der Waals surface area (Å²) in [6, 6.07) is 0. The summed E-state index contributed by atoms with van der Waals surface area (Å²) in [5.41, 5.74) is 5.76. The summed E-state index contributed by atoms with van der Waals surface area (Å²) in [5, 5.41) is 3.26. The second-order valence-corrected chi connectivity index (χ2v) is 4.40. The first-order chi connectivity index (χ1) is 6.98. The van der Waals surface area contributed by atoms with E-state index in [1.165, 1.54) is 0 Å². The van der Waals surface area contributed by atoms with Crippen molar-refractivity contribution in [2.75, 3.05) is 30.0 Å². The predicted octanol–water partition coefficient (Wildman–Crippen LogP) is 0.484. The summed E-state index contributed by atoms with van der Waals surface area (Å²) in [6.07, 6.45) is 2.30. The molecule has 0 aliphatic heterocycles. The van der Waals surface area contributed by atoms with Gasteiger partial charge in [0, 0.05) is 19.6 Å². The van der Waals surface area contributed by atoms with Gasteiger partial charge in [-0.2, -0.15) is 15.0 Å². The van der Waals surface area contributed by atoms with Gasteiger partial charge in [0.15, 0.2) is 0 Å². The highest BCUT2D eigenvalue weighted by atomic mass is 15.3. The first-order valence-electron chi connectivity index (χ1n) is 4.96. The van der Waals surface area contributed by atoms with Crippen LogP contribution >= 0.6 is 0 Å². The van der Waals surface area contributed by atoms with Crippen LogP contribution in [-0.2, 0) is 0 Å². The van der Waals surface area contributed by atoms with Gasteiger partial charge in [0.05, 0.1) is 0 Å². The molecule has 6 heteroatoms. The third kappa shape index (κ3) is 2.26. The first-order valence-corrected chi connectivity index (χ1v) is 4.96. The number of nitrogens with two attached hydrogens (primary N) is 1. The molecule has 1 fully saturated rings. The lowest BCUT2D eigenvalue weighted by molar-refractivity contribution is 0.804. The molecular formula is C9H16N6. The highest BCUT2D eigenvalue weighted by Crippen LogP contribution is 2.37. The van der Waals surface area contributed by atoms with Gasteiger partial charge in [-0.05, 0) is 19.8 Å². The van der Waals surface area contributed by atoms with Crippen LogP contribution in [0.5, 0.6) is 0 Å². The Hall–Kier alpha value is -1.59. The van der Waals surface area contributed by atoms with E-state index in [-0.39, 0.29) is 11.5 Å². The van der Waals surface area contributed by atoms with Crippen molar-refractivity contribution in [2.45, 2.75) is 25.3 Å². The average molecular weight is 208 g/mol. The number of nitrogens with one attached hydrogen (secondary N) is 1. The van der Waals surface area contributed by atoms with Gasteiger partial charge in [-0.1, -0.05) is 0 Å². The van der Waals surface area contributed by atoms with Crippen molar-refractivity contribution in [2.24, 2.45) is 0 Å². The van der Waals surface area contributed by atoms with Crippen molar-refractivity contribution in [1.29, 1.82) is 0 Å². The van der Waals surface area contributed by atoms with Gasteiger partial charge in [-0.15, -0.1) is 0 Å². The molecule has 1 aromatic heterocycles. The Morgan fingerprint density at radius 3 is 2.47 bits per heavy atom. The molecule has 0 amide bonds. The van der Waals surface area contributed by atoms with Crippen LogP contribution in [0.2, 0.25) is 0 Å². The van der Waals surface area contributed by atoms with E-state index in [2.05, 4.69) is 27.2 Å². The van der Waals surface area contributed by atoms with E-state index >= 15 is 0 Å². The van der Waals surface area contributed by atoms with Crippen LogP contribution in [0.1, 0.15) is 19.8 Å². The number of nitrogen functional groups attached to an aromatic ring is 1. The molecule has 1 saturated carbocycles.